The van der Waals surface area contributed by atoms with Crippen molar-refractivity contribution in [3.05, 3.63) is 29.9 Å². The molecule has 0 aromatic carbocycles. The zero-order valence-corrected chi connectivity index (χ0v) is 11.3. The van der Waals surface area contributed by atoms with Gasteiger partial charge in [0.1, 0.15) is 0 Å². The summed E-state index contributed by atoms with van der Waals surface area (Å²) in [7, 11) is 0. The van der Waals surface area contributed by atoms with Gasteiger partial charge in [0.2, 0.25) is 5.91 Å². The van der Waals surface area contributed by atoms with E-state index in [1.807, 2.05) is 0 Å². The average Bonchev–Trinajstić information content (AvgIpc) is 2.43. The van der Waals surface area contributed by atoms with Crippen LogP contribution >= 0.6 is 0 Å². The molecule has 1 heterocycles. The zero-order valence-electron chi connectivity index (χ0n) is 11.3. The molecule has 0 aliphatic heterocycles. The van der Waals surface area contributed by atoms with Crippen molar-refractivity contribution in [3.8, 4) is 0 Å². The van der Waals surface area contributed by atoms with Gasteiger partial charge in [-0.25, -0.2) is 9.72 Å². The zero-order chi connectivity index (χ0) is 13.5. The van der Waals surface area contributed by atoms with Crippen LogP contribution in [-0.2, 0) is 4.79 Å². The van der Waals surface area contributed by atoms with Gasteiger partial charge in [0, 0.05) is 18.8 Å². The Kier molecular flexibility index (Phi) is 5.19. The highest BCUT2D eigenvalue weighted by molar-refractivity contribution is 5.76. The first kappa shape index (κ1) is 13.8. The predicted octanol–water partition coefficient (Wildman–Crippen LogP) is 2.90. The van der Waals surface area contributed by atoms with Crippen LogP contribution in [0.15, 0.2) is 29.5 Å². The molecule has 2 rings (SSSR count). The number of nitrogens with zero attached hydrogens (tertiary/aromatic N) is 2. The van der Waals surface area contributed by atoms with E-state index in [0.29, 0.717) is 11.8 Å². The van der Waals surface area contributed by atoms with Crippen molar-refractivity contribution in [1.82, 2.24) is 4.73 Å². The molecule has 1 amide bonds. The molecule has 1 aromatic heterocycles. The van der Waals surface area contributed by atoms with Gasteiger partial charge in [-0.15, -0.1) is 0 Å². The highest BCUT2D eigenvalue weighted by Gasteiger charge is 2.13. The Bertz CT molecular complexity index is 453. The summed E-state index contributed by atoms with van der Waals surface area (Å²) < 4.78 is 0.937. The van der Waals surface area contributed by atoms with Crippen LogP contribution in [0.4, 0.5) is 0 Å². The lowest BCUT2D eigenvalue weighted by Crippen LogP contribution is -2.09. The van der Waals surface area contributed by atoms with Crippen molar-refractivity contribution in [1.29, 1.82) is 0 Å². The summed E-state index contributed by atoms with van der Waals surface area (Å²) >= 11 is 0. The number of hydrogen-bond donors (Lipinski definition) is 1. The maximum Gasteiger partial charge on any atom is 0.246 e. The molecule has 1 aromatic rings. The van der Waals surface area contributed by atoms with Crippen LogP contribution in [0.3, 0.4) is 0 Å². The van der Waals surface area contributed by atoms with Crippen molar-refractivity contribution in [2.45, 2.75) is 51.4 Å². The number of hydrogen-bond acceptors (Lipinski definition) is 2. The van der Waals surface area contributed by atoms with Crippen LogP contribution in [0.2, 0.25) is 0 Å². The highest BCUT2D eigenvalue weighted by Crippen LogP contribution is 2.27. The van der Waals surface area contributed by atoms with Gasteiger partial charge in [-0.3, -0.25) is 4.79 Å². The topological polar surface area (TPSA) is 54.6 Å². The van der Waals surface area contributed by atoms with E-state index in [1.54, 1.807) is 12.1 Å². The third-order valence-corrected chi connectivity index (χ3v) is 3.78. The fraction of sp³-hybridized carbons (Fsp3) is 0.600. The summed E-state index contributed by atoms with van der Waals surface area (Å²) in [5.74, 6) is 0.762. The van der Waals surface area contributed by atoms with E-state index in [9.17, 15) is 4.79 Å². The third-order valence-electron chi connectivity index (χ3n) is 3.78. The SMILES string of the molecule is O=C(CCCC1CCCCC1)N=c1ccn(O)cc1. The Morgan fingerprint density at radius 1 is 1.26 bits per heavy atom. The average molecular weight is 262 g/mol. The van der Waals surface area contributed by atoms with Crippen molar-refractivity contribution in [2.24, 2.45) is 10.9 Å². The standard InChI is InChI=1S/C15H22N2O2/c18-15(16-14-9-11-17(19)12-10-14)8-4-7-13-5-2-1-3-6-13/h9-13,19H,1-8H2. The molecule has 1 saturated carbocycles. The van der Waals surface area contributed by atoms with Gasteiger partial charge in [-0.1, -0.05) is 32.1 Å². The first-order valence-electron chi connectivity index (χ1n) is 7.19. The molecule has 0 unspecified atom stereocenters. The van der Waals surface area contributed by atoms with E-state index in [-0.39, 0.29) is 5.91 Å². The fourth-order valence-electron chi connectivity index (χ4n) is 2.70. The Balaban J connectivity index is 1.75. The lowest BCUT2D eigenvalue weighted by Gasteiger charge is -2.20. The smallest absolute Gasteiger partial charge is 0.246 e. The molecule has 1 aliphatic carbocycles. The molecule has 0 radical (unpaired) electrons. The monoisotopic (exact) mass is 262 g/mol. The molecule has 1 N–H and O–H groups in total. The molecule has 1 fully saturated rings. The predicted molar refractivity (Wildman–Crippen MR) is 72.6 cm³/mol. The minimum Gasteiger partial charge on any atom is -0.429 e. The van der Waals surface area contributed by atoms with Gasteiger partial charge >= 0.3 is 0 Å². The van der Waals surface area contributed by atoms with Crippen molar-refractivity contribution in [3.63, 3.8) is 0 Å². The lowest BCUT2D eigenvalue weighted by atomic mass is 9.86. The van der Waals surface area contributed by atoms with Gasteiger partial charge < -0.3 is 5.21 Å². The van der Waals surface area contributed by atoms with Crippen LogP contribution in [0.5, 0.6) is 0 Å². The molecule has 4 heteroatoms. The van der Waals surface area contributed by atoms with Crippen LogP contribution in [0, 0.1) is 5.92 Å². The van der Waals surface area contributed by atoms with E-state index < -0.39 is 0 Å². The number of amides is 1. The molecule has 1 aliphatic rings. The van der Waals surface area contributed by atoms with Gasteiger partial charge in [-0.2, -0.15) is 0 Å². The number of aromatic nitrogens is 1. The first-order chi connectivity index (χ1) is 9.24. The minimum absolute atomic E-state index is 0.0634. The number of carbonyl (C=O) groups is 1. The Hall–Kier alpha value is -1.58. The maximum atomic E-state index is 11.7. The van der Waals surface area contributed by atoms with Crippen LogP contribution in [-0.4, -0.2) is 15.8 Å². The molecule has 0 atom stereocenters. The first-order valence-corrected chi connectivity index (χ1v) is 7.19. The van der Waals surface area contributed by atoms with E-state index in [0.717, 1.165) is 23.5 Å². The van der Waals surface area contributed by atoms with Crippen LogP contribution in [0.1, 0.15) is 51.4 Å². The molecule has 4 nitrogen and oxygen atoms in total. The second-order valence-corrected chi connectivity index (χ2v) is 5.34. The van der Waals surface area contributed by atoms with Crippen LogP contribution in [0.25, 0.3) is 0 Å². The van der Waals surface area contributed by atoms with Gasteiger partial charge in [-0.05, 0) is 30.9 Å². The van der Waals surface area contributed by atoms with Gasteiger partial charge in [0.25, 0.3) is 0 Å². The Morgan fingerprint density at radius 2 is 1.95 bits per heavy atom. The maximum absolute atomic E-state index is 11.7. The molecule has 19 heavy (non-hydrogen) atoms. The summed E-state index contributed by atoms with van der Waals surface area (Å²) in [4.78, 5) is 15.7. The number of pyridine rings is 1. The van der Waals surface area contributed by atoms with E-state index in [1.165, 1.54) is 44.5 Å². The van der Waals surface area contributed by atoms with Crippen molar-refractivity contribution < 1.29 is 10.0 Å². The summed E-state index contributed by atoms with van der Waals surface area (Å²) in [6.45, 7) is 0. The highest BCUT2D eigenvalue weighted by atomic mass is 16.5. The quantitative estimate of drug-likeness (QED) is 0.848. The molecule has 0 saturated heterocycles. The summed E-state index contributed by atoms with van der Waals surface area (Å²) in [6, 6.07) is 3.25. The molecule has 0 bridgehead atoms. The number of carbonyl (C=O) groups excluding carboxylic acids is 1. The van der Waals surface area contributed by atoms with Gasteiger partial charge in [0.15, 0.2) is 0 Å². The number of rotatable bonds is 4. The summed E-state index contributed by atoms with van der Waals surface area (Å²) in [5.41, 5.74) is 0. The third kappa shape index (κ3) is 4.89. The molecule has 104 valence electrons. The van der Waals surface area contributed by atoms with E-state index >= 15 is 0 Å². The fourth-order valence-corrected chi connectivity index (χ4v) is 2.70. The second-order valence-electron chi connectivity index (χ2n) is 5.34. The van der Waals surface area contributed by atoms with E-state index in [2.05, 4.69) is 4.99 Å². The van der Waals surface area contributed by atoms with Crippen LogP contribution < -0.4 is 5.36 Å². The molecular formula is C15H22N2O2. The van der Waals surface area contributed by atoms with E-state index in [4.69, 9.17) is 5.21 Å². The van der Waals surface area contributed by atoms with Gasteiger partial charge in [0.05, 0.1) is 5.36 Å². The second kappa shape index (κ2) is 7.12. The molecular weight excluding hydrogens is 240 g/mol. The minimum atomic E-state index is -0.0634. The molecule has 0 spiro atoms. The lowest BCUT2D eigenvalue weighted by molar-refractivity contribution is -0.118. The summed E-state index contributed by atoms with van der Waals surface area (Å²) in [5, 5.41) is 9.67. The van der Waals surface area contributed by atoms with Crippen molar-refractivity contribution in [2.75, 3.05) is 0 Å². The van der Waals surface area contributed by atoms with Crippen molar-refractivity contribution >= 4 is 5.91 Å². The largest absolute Gasteiger partial charge is 0.429 e. The normalized spacial score (nSPS) is 16.2. The Labute approximate surface area is 113 Å². The Morgan fingerprint density at radius 3 is 2.63 bits per heavy atom. The summed E-state index contributed by atoms with van der Waals surface area (Å²) in [6.07, 6.45) is 12.3.